The van der Waals surface area contributed by atoms with Gasteiger partial charge in [0.25, 0.3) is 0 Å². The Morgan fingerprint density at radius 2 is 1.83 bits per heavy atom. The summed E-state index contributed by atoms with van der Waals surface area (Å²) in [5, 5.41) is 22.7. The Labute approximate surface area is 207 Å². The molecule has 0 bridgehead atoms. The van der Waals surface area contributed by atoms with E-state index >= 15 is 0 Å². The zero-order valence-electron chi connectivity index (χ0n) is 20.5. The van der Waals surface area contributed by atoms with Gasteiger partial charge in [0.2, 0.25) is 11.9 Å². The molecule has 0 fully saturated rings. The topological polar surface area (TPSA) is 123 Å². The Morgan fingerprint density at radius 1 is 1.17 bits per heavy atom. The van der Waals surface area contributed by atoms with Crippen LogP contribution in [0.3, 0.4) is 0 Å². The second-order valence-electron chi connectivity index (χ2n) is 9.53. The minimum atomic E-state index is -1.09. The molecule has 0 atom stereocenters. The molecule has 3 aromatic rings. The van der Waals surface area contributed by atoms with E-state index in [1.807, 2.05) is 20.8 Å². The van der Waals surface area contributed by atoms with Crippen LogP contribution in [0.25, 0.3) is 11.0 Å². The van der Waals surface area contributed by atoms with Crippen molar-refractivity contribution in [2.75, 3.05) is 29.2 Å². The van der Waals surface area contributed by atoms with Crippen molar-refractivity contribution in [1.29, 1.82) is 5.26 Å². The molecule has 2 aromatic carbocycles. The fraction of sp³-hybridized carbons (Fsp3) is 0.360. The number of aryl methyl sites for hydroxylation is 1. The number of nitriles is 1. The van der Waals surface area contributed by atoms with E-state index in [2.05, 4.69) is 15.6 Å². The first kappa shape index (κ1) is 26.6. The number of nitrogens with zero attached hydrogens (tertiary/aromatic N) is 4. The van der Waals surface area contributed by atoms with Gasteiger partial charge in [-0.25, -0.2) is 18.6 Å². The Balaban J connectivity index is 1.90. The summed E-state index contributed by atoms with van der Waals surface area (Å²) in [7, 11) is 1.67. The average molecular weight is 499 g/mol. The smallest absolute Gasteiger partial charge is 0.326 e. The maximum atomic E-state index is 14.2. The van der Waals surface area contributed by atoms with Crippen molar-refractivity contribution in [2.24, 2.45) is 5.41 Å². The molecule has 0 unspecified atom stereocenters. The number of aromatic nitrogens is 2. The summed E-state index contributed by atoms with van der Waals surface area (Å²) in [6, 6.07) is 7.52. The third-order valence-corrected chi connectivity index (χ3v) is 5.35. The number of imidazole rings is 1. The highest BCUT2D eigenvalue weighted by Crippen LogP contribution is 2.28. The molecule has 190 valence electrons. The van der Waals surface area contributed by atoms with Crippen LogP contribution in [0.1, 0.15) is 39.2 Å². The summed E-state index contributed by atoms with van der Waals surface area (Å²) in [5.41, 5.74) is 0.622. The highest BCUT2D eigenvalue weighted by atomic mass is 19.1. The number of anilines is 3. The van der Waals surface area contributed by atoms with E-state index in [1.165, 1.54) is 4.90 Å². The molecule has 0 aliphatic rings. The largest absolute Gasteiger partial charge is 0.396 e. The lowest BCUT2D eigenvalue weighted by Gasteiger charge is -2.23. The quantitative estimate of drug-likeness (QED) is 0.439. The Bertz CT molecular complexity index is 1320. The van der Waals surface area contributed by atoms with Crippen LogP contribution in [0.5, 0.6) is 0 Å². The lowest BCUT2D eigenvalue weighted by Crippen LogP contribution is -2.29. The first-order chi connectivity index (χ1) is 16.9. The third-order valence-electron chi connectivity index (χ3n) is 5.35. The normalized spacial score (nSPS) is 11.3. The number of amides is 3. The number of fused-ring (bicyclic) bond motifs is 1. The van der Waals surface area contributed by atoms with Crippen LogP contribution in [0.2, 0.25) is 0 Å². The van der Waals surface area contributed by atoms with Gasteiger partial charge in [0, 0.05) is 32.3 Å². The summed E-state index contributed by atoms with van der Waals surface area (Å²) in [5.74, 6) is -2.16. The first-order valence-electron chi connectivity index (χ1n) is 11.3. The molecule has 3 rings (SSSR count). The standard InChI is InChI=1S/C25H28F2N6O3/c1-25(2,3)13-21(35)32(4)16-6-7-20-19(12-16)29-23(33(20)8-5-9-34)31-24(36)30-22-17(26)10-15(14-28)11-18(22)27/h6-7,10-12,34H,5,8-9,13H2,1-4H3,(H2,29,30,31,36). The number of rotatable bonds is 7. The lowest BCUT2D eigenvalue weighted by atomic mass is 9.91. The monoisotopic (exact) mass is 498 g/mol. The van der Waals surface area contributed by atoms with Crippen molar-refractivity contribution in [1.82, 2.24) is 9.55 Å². The number of nitrogens with one attached hydrogen (secondary N) is 2. The second kappa shape index (κ2) is 10.7. The van der Waals surface area contributed by atoms with Gasteiger partial charge in [-0.3, -0.25) is 10.1 Å². The molecule has 0 saturated heterocycles. The molecule has 36 heavy (non-hydrogen) atoms. The minimum absolute atomic E-state index is 0.0641. The molecule has 0 saturated carbocycles. The molecule has 11 heteroatoms. The fourth-order valence-corrected chi connectivity index (χ4v) is 3.60. The number of urea groups is 1. The molecule has 0 spiro atoms. The Hall–Kier alpha value is -4.04. The summed E-state index contributed by atoms with van der Waals surface area (Å²) < 4.78 is 30.0. The first-order valence-corrected chi connectivity index (χ1v) is 11.3. The number of aliphatic hydroxyl groups excluding tert-OH is 1. The molecule has 1 heterocycles. The van der Waals surface area contributed by atoms with E-state index in [0.29, 0.717) is 36.1 Å². The number of carbonyl (C=O) groups excluding carboxylic acids is 2. The number of carbonyl (C=O) groups is 2. The predicted octanol–water partition coefficient (Wildman–Crippen LogP) is 4.61. The maximum absolute atomic E-state index is 14.2. The van der Waals surface area contributed by atoms with E-state index in [9.17, 15) is 23.5 Å². The molecule has 3 N–H and O–H groups in total. The van der Waals surface area contributed by atoms with Crippen LogP contribution in [-0.2, 0) is 11.3 Å². The third kappa shape index (κ3) is 6.14. The van der Waals surface area contributed by atoms with Crippen LogP contribution in [0, 0.1) is 28.4 Å². The summed E-state index contributed by atoms with van der Waals surface area (Å²) >= 11 is 0. The molecule has 0 radical (unpaired) electrons. The zero-order valence-corrected chi connectivity index (χ0v) is 20.5. The lowest BCUT2D eigenvalue weighted by molar-refractivity contribution is -0.120. The minimum Gasteiger partial charge on any atom is -0.396 e. The van der Waals surface area contributed by atoms with Crippen LogP contribution < -0.4 is 15.5 Å². The number of hydrogen-bond acceptors (Lipinski definition) is 5. The van der Waals surface area contributed by atoms with Gasteiger partial charge in [-0.2, -0.15) is 5.26 Å². The molecule has 9 nitrogen and oxygen atoms in total. The molecular weight excluding hydrogens is 470 g/mol. The van der Waals surface area contributed by atoms with Crippen LogP contribution in [0.4, 0.5) is 30.9 Å². The molecule has 0 aliphatic heterocycles. The number of hydrogen-bond donors (Lipinski definition) is 3. The number of aliphatic hydroxyl groups is 1. The van der Waals surface area contributed by atoms with Crippen molar-refractivity contribution in [3.05, 3.63) is 47.5 Å². The Morgan fingerprint density at radius 3 is 2.42 bits per heavy atom. The molecular formula is C25H28F2N6O3. The van der Waals surface area contributed by atoms with Gasteiger partial charge < -0.3 is 19.9 Å². The average Bonchev–Trinajstić information content (AvgIpc) is 3.13. The highest BCUT2D eigenvalue weighted by molar-refractivity contribution is 6.00. The molecule has 0 aliphatic carbocycles. The van der Waals surface area contributed by atoms with Gasteiger partial charge in [-0.1, -0.05) is 20.8 Å². The van der Waals surface area contributed by atoms with Crippen molar-refractivity contribution >= 4 is 40.3 Å². The summed E-state index contributed by atoms with van der Waals surface area (Å²) in [6.07, 6.45) is 0.717. The van der Waals surface area contributed by atoms with Gasteiger partial charge in [-0.15, -0.1) is 0 Å². The van der Waals surface area contributed by atoms with E-state index in [4.69, 9.17) is 5.26 Å². The highest BCUT2D eigenvalue weighted by Gasteiger charge is 2.22. The van der Waals surface area contributed by atoms with E-state index < -0.39 is 23.4 Å². The molecule has 1 aromatic heterocycles. The summed E-state index contributed by atoms with van der Waals surface area (Å²) in [6.45, 7) is 6.13. The number of benzene rings is 2. The maximum Gasteiger partial charge on any atom is 0.326 e. The fourth-order valence-electron chi connectivity index (χ4n) is 3.60. The second-order valence-corrected chi connectivity index (χ2v) is 9.53. The van der Waals surface area contributed by atoms with Gasteiger partial charge in [0.15, 0.2) is 11.6 Å². The van der Waals surface area contributed by atoms with Crippen molar-refractivity contribution in [2.45, 2.75) is 40.2 Å². The van der Waals surface area contributed by atoms with Gasteiger partial charge in [-0.05, 0) is 42.2 Å². The predicted molar refractivity (Wildman–Crippen MR) is 133 cm³/mol. The van der Waals surface area contributed by atoms with Crippen molar-refractivity contribution in [3.63, 3.8) is 0 Å². The van der Waals surface area contributed by atoms with Crippen molar-refractivity contribution < 1.29 is 23.5 Å². The van der Waals surface area contributed by atoms with E-state index in [-0.39, 0.29) is 29.4 Å². The summed E-state index contributed by atoms with van der Waals surface area (Å²) in [4.78, 5) is 31.2. The van der Waals surface area contributed by atoms with E-state index in [0.717, 1.165) is 12.1 Å². The molecule has 3 amide bonds. The van der Waals surface area contributed by atoms with Crippen LogP contribution in [0.15, 0.2) is 30.3 Å². The number of halogens is 2. The van der Waals surface area contributed by atoms with E-state index in [1.54, 1.807) is 35.9 Å². The van der Waals surface area contributed by atoms with Crippen LogP contribution in [-0.4, -0.2) is 40.3 Å². The van der Waals surface area contributed by atoms with Gasteiger partial charge in [0.1, 0.15) is 5.69 Å². The SMILES string of the molecule is CN(C(=O)CC(C)(C)C)c1ccc2c(c1)nc(NC(=O)Nc1c(F)cc(C#N)cc1F)n2CCCO. The van der Waals surface area contributed by atoms with Crippen LogP contribution >= 0.6 is 0 Å². The van der Waals surface area contributed by atoms with Gasteiger partial charge >= 0.3 is 6.03 Å². The zero-order chi connectivity index (χ0) is 26.6. The Kier molecular flexibility index (Phi) is 7.90. The van der Waals surface area contributed by atoms with Gasteiger partial charge in [0.05, 0.1) is 22.7 Å². The van der Waals surface area contributed by atoms with Crippen molar-refractivity contribution in [3.8, 4) is 6.07 Å².